The molecule has 0 aliphatic rings. The highest BCUT2D eigenvalue weighted by Gasteiger charge is 2.09. The topological polar surface area (TPSA) is 55.1 Å². The minimum absolute atomic E-state index is 0.0888. The van der Waals surface area contributed by atoms with E-state index in [-0.39, 0.29) is 5.91 Å². The molecule has 0 saturated carbocycles. The van der Waals surface area contributed by atoms with E-state index in [1.165, 1.54) is 0 Å². The van der Waals surface area contributed by atoms with Crippen LogP contribution in [0.25, 0.3) is 0 Å². The van der Waals surface area contributed by atoms with Crippen LogP contribution >= 0.6 is 0 Å². The van der Waals surface area contributed by atoms with Crippen molar-refractivity contribution in [2.24, 2.45) is 5.73 Å². The average molecular weight is 268 g/mol. The number of carbonyl (C=O) groups is 1. The van der Waals surface area contributed by atoms with Crippen molar-refractivity contribution < 1.29 is 4.79 Å². The maximum Gasteiger partial charge on any atom is 0.255 e. The van der Waals surface area contributed by atoms with Crippen molar-refractivity contribution in [3.8, 4) is 0 Å². The Kier molecular flexibility index (Phi) is 4.20. The third-order valence-electron chi connectivity index (χ3n) is 3.27. The summed E-state index contributed by atoms with van der Waals surface area (Å²) in [4.78, 5) is 12.3. The minimum Gasteiger partial charge on any atom is -0.326 e. The summed E-state index contributed by atoms with van der Waals surface area (Å²) in [6.07, 6.45) is 0. The van der Waals surface area contributed by atoms with E-state index in [2.05, 4.69) is 11.4 Å². The summed E-state index contributed by atoms with van der Waals surface area (Å²) in [5, 5.41) is 2.96. The van der Waals surface area contributed by atoms with E-state index in [4.69, 9.17) is 5.73 Å². The number of benzene rings is 2. The van der Waals surface area contributed by atoms with Crippen LogP contribution in [0.4, 0.5) is 5.69 Å². The lowest BCUT2D eigenvalue weighted by Gasteiger charge is -2.11. The Morgan fingerprint density at radius 3 is 2.30 bits per heavy atom. The fourth-order valence-electron chi connectivity index (χ4n) is 2.23. The summed E-state index contributed by atoms with van der Waals surface area (Å²) in [7, 11) is 0. The first-order valence-corrected chi connectivity index (χ1v) is 6.69. The van der Waals surface area contributed by atoms with Gasteiger partial charge in [-0.05, 0) is 50.1 Å². The zero-order chi connectivity index (χ0) is 14.7. The second-order valence-corrected chi connectivity index (χ2v) is 5.18. The number of nitrogens with one attached hydrogen (secondary N) is 1. The van der Waals surface area contributed by atoms with Crippen molar-refractivity contribution >= 4 is 11.6 Å². The number of carbonyl (C=O) groups excluding carboxylic acids is 1. The normalized spacial score (nSPS) is 10.4. The molecule has 0 bridgehead atoms. The van der Waals surface area contributed by atoms with E-state index in [0.717, 1.165) is 27.9 Å². The van der Waals surface area contributed by atoms with Crippen molar-refractivity contribution in [1.29, 1.82) is 0 Å². The van der Waals surface area contributed by atoms with Gasteiger partial charge in [0.25, 0.3) is 5.91 Å². The Morgan fingerprint density at radius 1 is 1.05 bits per heavy atom. The lowest BCUT2D eigenvalue weighted by Crippen LogP contribution is -2.13. The van der Waals surface area contributed by atoms with Crippen LogP contribution in [0, 0.1) is 20.8 Å². The molecule has 3 nitrogen and oxygen atoms in total. The summed E-state index contributed by atoms with van der Waals surface area (Å²) < 4.78 is 0. The fourth-order valence-corrected chi connectivity index (χ4v) is 2.23. The zero-order valence-electron chi connectivity index (χ0n) is 12.2. The van der Waals surface area contributed by atoms with E-state index in [9.17, 15) is 4.79 Å². The number of hydrogen-bond acceptors (Lipinski definition) is 2. The third-order valence-corrected chi connectivity index (χ3v) is 3.27. The first-order valence-electron chi connectivity index (χ1n) is 6.69. The van der Waals surface area contributed by atoms with Crippen LogP contribution in [0.2, 0.25) is 0 Å². The molecule has 0 radical (unpaired) electrons. The molecule has 0 aliphatic carbocycles. The number of amides is 1. The van der Waals surface area contributed by atoms with Gasteiger partial charge in [0.15, 0.2) is 0 Å². The van der Waals surface area contributed by atoms with Crippen LogP contribution in [0.1, 0.15) is 32.6 Å². The van der Waals surface area contributed by atoms with Crippen LogP contribution in [-0.2, 0) is 6.54 Å². The first-order chi connectivity index (χ1) is 9.49. The Bertz CT molecular complexity index is 627. The van der Waals surface area contributed by atoms with Crippen molar-refractivity contribution in [3.63, 3.8) is 0 Å². The Labute approximate surface area is 119 Å². The fraction of sp³-hybridized carbons (Fsp3) is 0.235. The molecule has 3 heteroatoms. The number of anilines is 1. The van der Waals surface area contributed by atoms with Gasteiger partial charge >= 0.3 is 0 Å². The van der Waals surface area contributed by atoms with Crippen molar-refractivity contribution in [3.05, 3.63) is 64.2 Å². The highest BCUT2D eigenvalue weighted by Crippen LogP contribution is 2.18. The highest BCUT2D eigenvalue weighted by molar-refractivity contribution is 6.04. The van der Waals surface area contributed by atoms with Gasteiger partial charge in [-0.25, -0.2) is 0 Å². The van der Waals surface area contributed by atoms with Crippen LogP contribution in [-0.4, -0.2) is 5.91 Å². The average Bonchev–Trinajstić information content (AvgIpc) is 2.40. The van der Waals surface area contributed by atoms with Crippen LogP contribution in [0.5, 0.6) is 0 Å². The summed E-state index contributed by atoms with van der Waals surface area (Å²) in [6, 6.07) is 11.7. The molecule has 2 rings (SSSR count). The van der Waals surface area contributed by atoms with E-state index in [0.29, 0.717) is 12.1 Å². The molecule has 0 unspecified atom stereocenters. The van der Waals surface area contributed by atoms with Crippen LogP contribution in [0.15, 0.2) is 36.4 Å². The molecule has 2 aromatic rings. The molecule has 0 spiro atoms. The Morgan fingerprint density at radius 2 is 1.70 bits per heavy atom. The molecule has 2 aromatic carbocycles. The first kappa shape index (κ1) is 14.3. The second kappa shape index (κ2) is 5.88. The summed E-state index contributed by atoms with van der Waals surface area (Å²) >= 11 is 0. The SMILES string of the molecule is Cc1cc(C)cc(C(=O)Nc2cc(CN)ccc2C)c1. The maximum absolute atomic E-state index is 12.3. The molecule has 0 saturated heterocycles. The standard InChI is InChI=1S/C17H20N2O/c1-11-6-12(2)8-15(7-11)17(20)19-16-9-14(10-18)5-4-13(16)3/h4-9H,10,18H2,1-3H3,(H,19,20). The van der Waals surface area contributed by atoms with E-state index < -0.39 is 0 Å². The molecule has 0 atom stereocenters. The predicted octanol–water partition coefficient (Wildman–Crippen LogP) is 3.32. The van der Waals surface area contributed by atoms with Gasteiger partial charge in [-0.15, -0.1) is 0 Å². The summed E-state index contributed by atoms with van der Waals surface area (Å²) in [6.45, 7) is 6.41. The molecule has 3 N–H and O–H groups in total. The van der Waals surface area contributed by atoms with Gasteiger partial charge in [0.2, 0.25) is 0 Å². The van der Waals surface area contributed by atoms with Gasteiger partial charge in [0.1, 0.15) is 0 Å². The number of hydrogen-bond donors (Lipinski definition) is 2. The van der Waals surface area contributed by atoms with Gasteiger partial charge in [0.05, 0.1) is 0 Å². The highest BCUT2D eigenvalue weighted by atomic mass is 16.1. The molecule has 1 amide bonds. The van der Waals surface area contributed by atoms with Gasteiger partial charge in [-0.1, -0.05) is 29.3 Å². The lowest BCUT2D eigenvalue weighted by atomic mass is 10.1. The van der Waals surface area contributed by atoms with Crippen LogP contribution in [0.3, 0.4) is 0 Å². The van der Waals surface area contributed by atoms with E-state index >= 15 is 0 Å². The second-order valence-electron chi connectivity index (χ2n) is 5.18. The maximum atomic E-state index is 12.3. The number of aryl methyl sites for hydroxylation is 3. The van der Waals surface area contributed by atoms with E-state index in [1.807, 2.05) is 51.1 Å². The van der Waals surface area contributed by atoms with Crippen molar-refractivity contribution in [2.45, 2.75) is 27.3 Å². The quantitative estimate of drug-likeness (QED) is 0.897. The Hall–Kier alpha value is -2.13. The number of nitrogens with two attached hydrogens (primary N) is 1. The zero-order valence-corrected chi connectivity index (χ0v) is 12.2. The van der Waals surface area contributed by atoms with Gasteiger partial charge < -0.3 is 11.1 Å². The smallest absolute Gasteiger partial charge is 0.255 e. The Balaban J connectivity index is 2.27. The summed E-state index contributed by atoms with van der Waals surface area (Å²) in [5.74, 6) is -0.0888. The van der Waals surface area contributed by atoms with Gasteiger partial charge in [-0.3, -0.25) is 4.79 Å². The van der Waals surface area contributed by atoms with Crippen molar-refractivity contribution in [2.75, 3.05) is 5.32 Å². The van der Waals surface area contributed by atoms with Gasteiger partial charge in [-0.2, -0.15) is 0 Å². The molecule has 0 aliphatic heterocycles. The molecular formula is C17H20N2O. The van der Waals surface area contributed by atoms with E-state index in [1.54, 1.807) is 0 Å². The minimum atomic E-state index is -0.0888. The molecule has 0 heterocycles. The van der Waals surface area contributed by atoms with Crippen molar-refractivity contribution in [1.82, 2.24) is 0 Å². The number of rotatable bonds is 3. The largest absolute Gasteiger partial charge is 0.326 e. The lowest BCUT2D eigenvalue weighted by molar-refractivity contribution is 0.102. The van der Waals surface area contributed by atoms with Crippen LogP contribution < -0.4 is 11.1 Å². The summed E-state index contributed by atoms with van der Waals surface area (Å²) in [5.41, 5.74) is 11.3. The third kappa shape index (κ3) is 3.25. The predicted molar refractivity (Wildman–Crippen MR) is 82.9 cm³/mol. The molecule has 104 valence electrons. The monoisotopic (exact) mass is 268 g/mol. The molecule has 20 heavy (non-hydrogen) atoms. The van der Waals surface area contributed by atoms with Gasteiger partial charge in [0, 0.05) is 17.8 Å². The molecule has 0 fully saturated rings. The molecular weight excluding hydrogens is 248 g/mol. The molecule has 0 aromatic heterocycles.